The van der Waals surface area contributed by atoms with Gasteiger partial charge in [-0.3, -0.25) is 0 Å². The summed E-state index contributed by atoms with van der Waals surface area (Å²) in [5.74, 6) is 0.630. The number of aromatic nitrogens is 4. The van der Waals surface area contributed by atoms with E-state index in [1.807, 2.05) is 36.4 Å². The van der Waals surface area contributed by atoms with Crippen molar-refractivity contribution in [1.82, 2.24) is 20.2 Å². The molecule has 5 nitrogen and oxygen atoms in total. The molecule has 0 fully saturated rings. The Bertz CT molecular complexity index is 882. The Hall–Kier alpha value is -2.66. The van der Waals surface area contributed by atoms with Crippen LogP contribution in [0.3, 0.4) is 0 Å². The van der Waals surface area contributed by atoms with E-state index in [2.05, 4.69) is 46.0 Å². The SMILES string of the molecule is Cc1ccccc1[C@@H]1C=C(c2ccc(Cl)cc2)Nc2nnnn21. The zero-order chi connectivity index (χ0) is 15.8. The van der Waals surface area contributed by atoms with Crippen LogP contribution in [0.5, 0.6) is 0 Å². The number of nitrogens with zero attached hydrogens (tertiary/aromatic N) is 4. The van der Waals surface area contributed by atoms with Crippen LogP contribution in [0.1, 0.15) is 22.7 Å². The lowest BCUT2D eigenvalue weighted by Crippen LogP contribution is -2.20. The van der Waals surface area contributed by atoms with Crippen LogP contribution in [-0.4, -0.2) is 20.2 Å². The molecule has 0 unspecified atom stereocenters. The van der Waals surface area contributed by atoms with Gasteiger partial charge in [0.05, 0.1) is 0 Å². The first-order valence-corrected chi connectivity index (χ1v) is 7.68. The minimum Gasteiger partial charge on any atom is -0.323 e. The van der Waals surface area contributed by atoms with Gasteiger partial charge in [-0.15, -0.1) is 0 Å². The minimum atomic E-state index is -0.0480. The maximum absolute atomic E-state index is 5.98. The van der Waals surface area contributed by atoms with Crippen molar-refractivity contribution >= 4 is 23.2 Å². The van der Waals surface area contributed by atoms with E-state index in [1.165, 1.54) is 11.1 Å². The number of hydrogen-bond donors (Lipinski definition) is 1. The molecule has 0 amide bonds. The van der Waals surface area contributed by atoms with Gasteiger partial charge in [0.1, 0.15) is 6.04 Å². The molecule has 2 aromatic carbocycles. The van der Waals surface area contributed by atoms with Gasteiger partial charge in [0.25, 0.3) is 0 Å². The van der Waals surface area contributed by atoms with Crippen LogP contribution in [-0.2, 0) is 0 Å². The van der Waals surface area contributed by atoms with Gasteiger partial charge in [0.15, 0.2) is 0 Å². The molecule has 3 aromatic rings. The summed E-state index contributed by atoms with van der Waals surface area (Å²) in [6.07, 6.45) is 2.13. The van der Waals surface area contributed by atoms with E-state index in [0.717, 1.165) is 11.3 Å². The average Bonchev–Trinajstić information content (AvgIpc) is 3.04. The molecule has 114 valence electrons. The Labute approximate surface area is 138 Å². The van der Waals surface area contributed by atoms with Crippen LogP contribution in [0, 0.1) is 6.92 Å². The molecule has 0 saturated heterocycles. The van der Waals surface area contributed by atoms with Crippen molar-refractivity contribution in [3.63, 3.8) is 0 Å². The van der Waals surface area contributed by atoms with Gasteiger partial charge in [-0.05, 0) is 52.2 Å². The van der Waals surface area contributed by atoms with Gasteiger partial charge in [0, 0.05) is 10.7 Å². The topological polar surface area (TPSA) is 55.6 Å². The van der Waals surface area contributed by atoms with Crippen molar-refractivity contribution < 1.29 is 0 Å². The Morgan fingerprint density at radius 1 is 1.09 bits per heavy atom. The normalized spacial score (nSPS) is 16.4. The van der Waals surface area contributed by atoms with Crippen molar-refractivity contribution in [2.24, 2.45) is 0 Å². The second-order valence-electron chi connectivity index (χ2n) is 5.46. The van der Waals surface area contributed by atoms with Crippen LogP contribution in [0.2, 0.25) is 5.02 Å². The molecular formula is C17H14ClN5. The summed E-state index contributed by atoms with van der Waals surface area (Å²) in [5, 5.41) is 16.0. The molecular weight excluding hydrogens is 310 g/mol. The van der Waals surface area contributed by atoms with E-state index < -0.39 is 0 Å². The molecule has 0 spiro atoms. The molecule has 0 bridgehead atoms. The lowest BCUT2D eigenvalue weighted by molar-refractivity contribution is 0.583. The summed E-state index contributed by atoms with van der Waals surface area (Å²) in [4.78, 5) is 0. The smallest absolute Gasteiger partial charge is 0.248 e. The number of fused-ring (bicyclic) bond motifs is 1. The molecule has 0 aliphatic carbocycles. The summed E-state index contributed by atoms with van der Waals surface area (Å²) in [6, 6.07) is 15.9. The van der Waals surface area contributed by atoms with E-state index in [0.29, 0.717) is 11.0 Å². The minimum absolute atomic E-state index is 0.0480. The highest BCUT2D eigenvalue weighted by molar-refractivity contribution is 6.30. The number of anilines is 1. The number of benzene rings is 2. The molecule has 0 radical (unpaired) electrons. The Morgan fingerprint density at radius 3 is 2.65 bits per heavy atom. The molecule has 1 aliphatic rings. The largest absolute Gasteiger partial charge is 0.323 e. The second-order valence-corrected chi connectivity index (χ2v) is 5.90. The van der Waals surface area contributed by atoms with Crippen LogP contribution < -0.4 is 5.32 Å². The first-order valence-electron chi connectivity index (χ1n) is 7.30. The maximum atomic E-state index is 5.98. The maximum Gasteiger partial charge on any atom is 0.248 e. The quantitative estimate of drug-likeness (QED) is 0.781. The third kappa shape index (κ3) is 2.49. The van der Waals surface area contributed by atoms with E-state index >= 15 is 0 Å². The van der Waals surface area contributed by atoms with E-state index in [9.17, 15) is 0 Å². The van der Waals surface area contributed by atoms with Crippen molar-refractivity contribution in [3.8, 4) is 0 Å². The second kappa shape index (κ2) is 5.52. The van der Waals surface area contributed by atoms with Gasteiger partial charge in [-0.2, -0.15) is 4.68 Å². The molecule has 1 N–H and O–H groups in total. The van der Waals surface area contributed by atoms with Crippen molar-refractivity contribution in [3.05, 3.63) is 76.3 Å². The van der Waals surface area contributed by atoms with Crippen LogP contribution in [0.4, 0.5) is 5.95 Å². The van der Waals surface area contributed by atoms with Gasteiger partial charge in [-0.25, -0.2) is 0 Å². The summed E-state index contributed by atoms with van der Waals surface area (Å²) < 4.78 is 1.79. The molecule has 1 aliphatic heterocycles. The predicted octanol–water partition coefficient (Wildman–Crippen LogP) is 3.69. The Morgan fingerprint density at radius 2 is 1.87 bits per heavy atom. The molecule has 4 rings (SSSR count). The Balaban J connectivity index is 1.83. The predicted molar refractivity (Wildman–Crippen MR) is 90.2 cm³/mol. The van der Waals surface area contributed by atoms with Gasteiger partial charge in [-0.1, -0.05) is 53.1 Å². The first-order chi connectivity index (χ1) is 11.2. The number of rotatable bonds is 2. The molecule has 1 atom stereocenters. The number of allylic oxidation sites excluding steroid dienone is 1. The highest BCUT2D eigenvalue weighted by Gasteiger charge is 2.25. The standard InChI is InChI=1S/C17H14ClN5/c1-11-4-2-3-5-14(11)16-10-15(12-6-8-13(18)9-7-12)19-17-20-21-22-23(16)17/h2-10,16H,1H3,(H,19,20,22)/t16-/m0/s1. The molecule has 2 heterocycles. The van der Waals surface area contributed by atoms with Crippen LogP contribution in [0.25, 0.3) is 5.70 Å². The number of aryl methyl sites for hydroxylation is 1. The Kier molecular flexibility index (Phi) is 3.35. The van der Waals surface area contributed by atoms with E-state index in [-0.39, 0.29) is 6.04 Å². The third-order valence-electron chi connectivity index (χ3n) is 3.99. The molecule has 0 saturated carbocycles. The number of hydrogen-bond acceptors (Lipinski definition) is 4. The van der Waals surface area contributed by atoms with E-state index in [4.69, 9.17) is 11.6 Å². The lowest BCUT2D eigenvalue weighted by atomic mass is 9.98. The zero-order valence-corrected chi connectivity index (χ0v) is 13.2. The highest BCUT2D eigenvalue weighted by atomic mass is 35.5. The fraction of sp³-hybridized carbons (Fsp3) is 0.118. The number of nitrogens with one attached hydrogen (secondary N) is 1. The van der Waals surface area contributed by atoms with Crippen molar-refractivity contribution in [2.45, 2.75) is 13.0 Å². The fourth-order valence-corrected chi connectivity index (χ4v) is 2.92. The number of tetrazole rings is 1. The van der Waals surface area contributed by atoms with Gasteiger partial charge >= 0.3 is 0 Å². The zero-order valence-electron chi connectivity index (χ0n) is 12.4. The third-order valence-corrected chi connectivity index (χ3v) is 4.24. The van der Waals surface area contributed by atoms with Gasteiger partial charge in [0.2, 0.25) is 5.95 Å². The molecule has 1 aromatic heterocycles. The van der Waals surface area contributed by atoms with Crippen LogP contribution >= 0.6 is 11.6 Å². The van der Waals surface area contributed by atoms with Crippen molar-refractivity contribution in [2.75, 3.05) is 5.32 Å². The highest BCUT2D eigenvalue weighted by Crippen LogP contribution is 2.33. The molecule has 23 heavy (non-hydrogen) atoms. The average molecular weight is 324 g/mol. The lowest BCUT2D eigenvalue weighted by Gasteiger charge is -2.24. The fourth-order valence-electron chi connectivity index (χ4n) is 2.79. The molecule has 6 heteroatoms. The number of halogens is 1. The van der Waals surface area contributed by atoms with Crippen molar-refractivity contribution in [1.29, 1.82) is 0 Å². The summed E-state index contributed by atoms with van der Waals surface area (Å²) >= 11 is 5.98. The van der Waals surface area contributed by atoms with E-state index in [1.54, 1.807) is 4.68 Å². The summed E-state index contributed by atoms with van der Waals surface area (Å²) in [5.41, 5.74) is 4.39. The summed E-state index contributed by atoms with van der Waals surface area (Å²) in [7, 11) is 0. The van der Waals surface area contributed by atoms with Gasteiger partial charge < -0.3 is 5.32 Å². The van der Waals surface area contributed by atoms with Crippen LogP contribution in [0.15, 0.2) is 54.6 Å². The first kappa shape index (κ1) is 14.0. The summed E-state index contributed by atoms with van der Waals surface area (Å²) in [6.45, 7) is 2.09. The monoisotopic (exact) mass is 323 g/mol.